The van der Waals surface area contributed by atoms with E-state index >= 15 is 0 Å². The Bertz CT molecular complexity index is 1280. The van der Waals surface area contributed by atoms with Crippen molar-refractivity contribution in [1.82, 2.24) is 9.30 Å². The van der Waals surface area contributed by atoms with E-state index in [1.807, 2.05) is 47.8 Å². The van der Waals surface area contributed by atoms with Gasteiger partial charge in [0.2, 0.25) is 0 Å². The lowest BCUT2D eigenvalue weighted by molar-refractivity contribution is 0.0679. The number of pyridine rings is 2. The molecule has 1 aliphatic rings. The Kier molecular flexibility index (Phi) is 4.45. The van der Waals surface area contributed by atoms with Gasteiger partial charge >= 0.3 is 0 Å². The first-order valence-corrected chi connectivity index (χ1v) is 10.6. The highest BCUT2D eigenvalue weighted by atomic mass is 32.1. The van der Waals surface area contributed by atoms with Crippen LogP contribution in [-0.4, -0.2) is 39.5 Å². The van der Waals surface area contributed by atoms with Gasteiger partial charge in [0.25, 0.3) is 11.5 Å². The van der Waals surface area contributed by atoms with Gasteiger partial charge in [0.1, 0.15) is 0 Å². The molecule has 6 heteroatoms. The number of rotatable bonds is 3. The monoisotopic (exact) mass is 404 g/mol. The van der Waals surface area contributed by atoms with E-state index in [0.29, 0.717) is 23.2 Å². The summed E-state index contributed by atoms with van der Waals surface area (Å²) in [6, 6.07) is 14.9. The van der Waals surface area contributed by atoms with Crippen LogP contribution in [0.15, 0.2) is 64.9 Å². The highest BCUT2D eigenvalue weighted by molar-refractivity contribution is 7.18. The van der Waals surface area contributed by atoms with Gasteiger partial charge in [0.15, 0.2) is 0 Å². The van der Waals surface area contributed by atoms with Gasteiger partial charge in [-0.2, -0.15) is 0 Å². The Labute approximate surface area is 171 Å². The number of aromatic nitrogens is 1. The number of hydrogen-bond donors (Lipinski definition) is 1. The molecule has 0 radical (unpaired) electrons. The van der Waals surface area contributed by atoms with Crippen molar-refractivity contribution in [3.8, 4) is 11.1 Å². The molecule has 1 saturated heterocycles. The number of thiophene rings is 1. The van der Waals surface area contributed by atoms with E-state index < -0.39 is 0 Å². The highest BCUT2D eigenvalue weighted by Gasteiger charge is 2.31. The molecule has 5 rings (SSSR count). The molecular formula is C23H20N2O3S. The fraction of sp³-hybridized carbons (Fsp3) is 0.217. The van der Waals surface area contributed by atoms with Gasteiger partial charge in [-0.25, -0.2) is 0 Å². The number of likely N-dealkylation sites (tertiary alicyclic amines) is 1. The number of amides is 1. The Morgan fingerprint density at radius 1 is 1.17 bits per heavy atom. The van der Waals surface area contributed by atoms with Gasteiger partial charge in [0.05, 0.1) is 28.4 Å². The molecule has 0 spiro atoms. The third-order valence-corrected chi connectivity index (χ3v) is 6.65. The molecule has 1 fully saturated rings. The third kappa shape index (κ3) is 2.87. The topological polar surface area (TPSA) is 62.0 Å². The molecule has 29 heavy (non-hydrogen) atoms. The summed E-state index contributed by atoms with van der Waals surface area (Å²) in [5.41, 5.74) is 2.31. The minimum absolute atomic E-state index is 0.0452. The number of aliphatic hydroxyl groups excluding tert-OH is 1. The Morgan fingerprint density at radius 3 is 2.79 bits per heavy atom. The standard InChI is InChI=1S/C23H20N2O3S/c26-14-17-7-4-10-24(17)23(28)19-13-18(15-5-2-1-3-6-15)22(27)25-11-8-16-9-12-29-21(16)20(19)25/h1-3,5-6,8-9,11-13,17,26H,4,7,10,14H2. The predicted molar refractivity (Wildman–Crippen MR) is 116 cm³/mol. The molecule has 1 aromatic carbocycles. The van der Waals surface area contributed by atoms with Gasteiger partial charge in [0, 0.05) is 18.3 Å². The second-order valence-corrected chi connectivity index (χ2v) is 8.28. The fourth-order valence-corrected chi connectivity index (χ4v) is 5.19. The molecule has 0 bridgehead atoms. The van der Waals surface area contributed by atoms with Crippen LogP contribution in [0.4, 0.5) is 0 Å². The van der Waals surface area contributed by atoms with Crippen molar-refractivity contribution in [2.24, 2.45) is 0 Å². The number of aliphatic hydroxyl groups is 1. The van der Waals surface area contributed by atoms with Crippen LogP contribution >= 0.6 is 11.3 Å². The van der Waals surface area contributed by atoms with Crippen LogP contribution in [0.1, 0.15) is 23.2 Å². The molecule has 1 amide bonds. The molecule has 146 valence electrons. The molecule has 0 aliphatic carbocycles. The van der Waals surface area contributed by atoms with Gasteiger partial charge in [-0.15, -0.1) is 11.3 Å². The van der Waals surface area contributed by atoms with E-state index in [-0.39, 0.29) is 24.1 Å². The minimum atomic E-state index is -0.169. The number of fused-ring (bicyclic) bond motifs is 3. The van der Waals surface area contributed by atoms with Gasteiger partial charge in [-0.3, -0.25) is 14.0 Å². The molecule has 0 saturated carbocycles. The van der Waals surface area contributed by atoms with Crippen molar-refractivity contribution in [3.05, 3.63) is 76.0 Å². The number of nitrogens with zero attached hydrogens (tertiary/aromatic N) is 2. The summed E-state index contributed by atoms with van der Waals surface area (Å²) in [6.07, 6.45) is 3.43. The van der Waals surface area contributed by atoms with E-state index in [0.717, 1.165) is 28.5 Å². The molecule has 4 aromatic rings. The van der Waals surface area contributed by atoms with E-state index in [4.69, 9.17) is 0 Å². The lowest BCUT2D eigenvalue weighted by Gasteiger charge is -2.24. The van der Waals surface area contributed by atoms with E-state index in [9.17, 15) is 14.7 Å². The second-order valence-electron chi connectivity index (χ2n) is 7.36. The quantitative estimate of drug-likeness (QED) is 0.565. The Balaban J connectivity index is 1.82. The first-order chi connectivity index (χ1) is 14.2. The normalized spacial score (nSPS) is 16.7. The Morgan fingerprint density at radius 2 is 2.00 bits per heavy atom. The van der Waals surface area contributed by atoms with Crippen LogP contribution in [0.3, 0.4) is 0 Å². The largest absolute Gasteiger partial charge is 0.394 e. The summed E-state index contributed by atoms with van der Waals surface area (Å²) < 4.78 is 2.52. The predicted octanol–water partition coefficient (Wildman–Crippen LogP) is 3.78. The summed E-state index contributed by atoms with van der Waals surface area (Å²) in [4.78, 5) is 28.7. The molecule has 3 aromatic heterocycles. The van der Waals surface area contributed by atoms with Crippen LogP contribution in [-0.2, 0) is 0 Å². The van der Waals surface area contributed by atoms with Crippen molar-refractivity contribution < 1.29 is 9.90 Å². The maximum atomic E-state index is 13.6. The summed E-state index contributed by atoms with van der Waals surface area (Å²) in [5, 5.41) is 12.7. The average molecular weight is 404 g/mol. The molecule has 1 atom stereocenters. The maximum Gasteiger partial charge on any atom is 0.263 e. The lowest BCUT2D eigenvalue weighted by Crippen LogP contribution is -2.38. The van der Waals surface area contributed by atoms with Crippen LogP contribution in [0.25, 0.3) is 26.7 Å². The molecule has 1 aliphatic heterocycles. The molecule has 1 unspecified atom stereocenters. The number of benzene rings is 1. The zero-order valence-electron chi connectivity index (χ0n) is 15.7. The van der Waals surface area contributed by atoms with Crippen LogP contribution < -0.4 is 5.56 Å². The number of hydrogen-bond acceptors (Lipinski definition) is 4. The zero-order chi connectivity index (χ0) is 20.0. The van der Waals surface area contributed by atoms with Crippen LogP contribution in [0, 0.1) is 0 Å². The summed E-state index contributed by atoms with van der Waals surface area (Å²) in [7, 11) is 0. The fourth-order valence-electron chi connectivity index (χ4n) is 4.24. The average Bonchev–Trinajstić information content (AvgIpc) is 3.43. The Hall–Kier alpha value is -2.96. The van der Waals surface area contributed by atoms with Gasteiger partial charge in [-0.1, -0.05) is 30.3 Å². The zero-order valence-corrected chi connectivity index (χ0v) is 16.6. The molecule has 5 nitrogen and oxygen atoms in total. The van der Waals surface area contributed by atoms with Gasteiger partial charge < -0.3 is 10.0 Å². The first kappa shape index (κ1) is 18.1. The maximum absolute atomic E-state index is 13.6. The highest BCUT2D eigenvalue weighted by Crippen LogP contribution is 2.31. The van der Waals surface area contributed by atoms with Crippen molar-refractivity contribution in [1.29, 1.82) is 0 Å². The van der Waals surface area contributed by atoms with Gasteiger partial charge in [-0.05, 0) is 47.4 Å². The first-order valence-electron chi connectivity index (χ1n) is 9.72. The lowest BCUT2D eigenvalue weighted by atomic mass is 10.0. The summed E-state index contributed by atoms with van der Waals surface area (Å²) >= 11 is 1.53. The van der Waals surface area contributed by atoms with E-state index in [1.54, 1.807) is 21.6 Å². The van der Waals surface area contributed by atoms with E-state index in [1.165, 1.54) is 11.3 Å². The van der Waals surface area contributed by atoms with Crippen molar-refractivity contribution in [2.75, 3.05) is 13.2 Å². The summed E-state index contributed by atoms with van der Waals surface area (Å²) in [5.74, 6) is -0.128. The number of carbonyl (C=O) groups excluding carboxylic acids is 1. The second kappa shape index (κ2) is 7.13. The number of carbonyl (C=O) groups is 1. The smallest absolute Gasteiger partial charge is 0.263 e. The van der Waals surface area contributed by atoms with Crippen LogP contribution in [0.5, 0.6) is 0 Å². The SMILES string of the molecule is O=C(c1cc(-c2ccccc2)c(=O)n2ccc3ccsc3c12)N1CCCC1CO. The molecule has 1 N–H and O–H groups in total. The minimum Gasteiger partial charge on any atom is -0.394 e. The van der Waals surface area contributed by atoms with Crippen molar-refractivity contribution >= 4 is 32.8 Å². The third-order valence-electron chi connectivity index (χ3n) is 5.71. The van der Waals surface area contributed by atoms with Crippen molar-refractivity contribution in [2.45, 2.75) is 18.9 Å². The summed E-state index contributed by atoms with van der Waals surface area (Å²) in [6.45, 7) is 0.576. The molecule has 4 heterocycles. The molecular weight excluding hydrogens is 384 g/mol. The van der Waals surface area contributed by atoms with E-state index in [2.05, 4.69) is 0 Å². The van der Waals surface area contributed by atoms with Crippen molar-refractivity contribution in [3.63, 3.8) is 0 Å². The van der Waals surface area contributed by atoms with Crippen LogP contribution in [0.2, 0.25) is 0 Å².